The molecule has 0 radical (unpaired) electrons. The molecule has 1 atom stereocenters. The lowest BCUT2D eigenvalue weighted by molar-refractivity contribution is 0.0601. The topological polar surface area (TPSA) is 51.2 Å². The van der Waals surface area contributed by atoms with Gasteiger partial charge in [0.1, 0.15) is 11.4 Å². The van der Waals surface area contributed by atoms with Crippen molar-refractivity contribution in [1.29, 1.82) is 0 Å². The number of rotatable bonds is 3. The van der Waals surface area contributed by atoms with E-state index in [2.05, 4.69) is 10.3 Å². The highest BCUT2D eigenvalue weighted by atomic mass is 32.2. The SMILES string of the molecule is COC(=O)c1cccnc1NC1CCSC1. The molecule has 16 heavy (non-hydrogen) atoms. The van der Waals surface area contributed by atoms with E-state index in [0.29, 0.717) is 17.4 Å². The van der Waals surface area contributed by atoms with E-state index >= 15 is 0 Å². The maximum absolute atomic E-state index is 11.5. The third-order valence-corrected chi connectivity index (χ3v) is 3.65. The quantitative estimate of drug-likeness (QED) is 0.814. The molecule has 0 aromatic carbocycles. The van der Waals surface area contributed by atoms with Crippen LogP contribution in [0.1, 0.15) is 16.8 Å². The van der Waals surface area contributed by atoms with Crippen molar-refractivity contribution in [3.05, 3.63) is 23.9 Å². The minimum atomic E-state index is -0.346. The molecule has 1 unspecified atom stereocenters. The van der Waals surface area contributed by atoms with E-state index in [1.54, 1.807) is 18.3 Å². The van der Waals surface area contributed by atoms with Crippen LogP contribution in [0.25, 0.3) is 0 Å². The van der Waals surface area contributed by atoms with Crippen LogP contribution in [0.15, 0.2) is 18.3 Å². The molecule has 1 aromatic rings. The summed E-state index contributed by atoms with van der Waals surface area (Å²) >= 11 is 1.91. The van der Waals surface area contributed by atoms with Gasteiger partial charge < -0.3 is 10.1 Å². The zero-order chi connectivity index (χ0) is 11.4. The van der Waals surface area contributed by atoms with Gasteiger partial charge in [-0.2, -0.15) is 11.8 Å². The van der Waals surface area contributed by atoms with Gasteiger partial charge in [-0.3, -0.25) is 0 Å². The van der Waals surface area contributed by atoms with E-state index in [1.165, 1.54) is 7.11 Å². The number of carbonyl (C=O) groups is 1. The second-order valence-corrected chi connectivity index (χ2v) is 4.75. The number of carbonyl (C=O) groups excluding carboxylic acids is 1. The van der Waals surface area contributed by atoms with Crippen molar-refractivity contribution in [1.82, 2.24) is 4.98 Å². The first kappa shape index (κ1) is 11.3. The molecule has 4 nitrogen and oxygen atoms in total. The lowest BCUT2D eigenvalue weighted by Gasteiger charge is -2.14. The molecular weight excluding hydrogens is 224 g/mol. The first-order valence-corrected chi connectivity index (χ1v) is 6.34. The number of thioether (sulfide) groups is 1. The summed E-state index contributed by atoms with van der Waals surface area (Å²) in [6, 6.07) is 3.87. The third-order valence-electron chi connectivity index (χ3n) is 2.48. The zero-order valence-corrected chi connectivity index (χ0v) is 9.92. The summed E-state index contributed by atoms with van der Waals surface area (Å²) in [6.45, 7) is 0. The van der Waals surface area contributed by atoms with E-state index in [1.807, 2.05) is 11.8 Å². The Balaban J connectivity index is 2.15. The second-order valence-electron chi connectivity index (χ2n) is 3.60. The van der Waals surface area contributed by atoms with Gasteiger partial charge in [0.2, 0.25) is 0 Å². The Labute approximate surface area is 98.8 Å². The van der Waals surface area contributed by atoms with Gasteiger partial charge >= 0.3 is 5.97 Å². The van der Waals surface area contributed by atoms with Crippen molar-refractivity contribution in [3.8, 4) is 0 Å². The number of nitrogens with zero attached hydrogens (tertiary/aromatic N) is 1. The summed E-state index contributed by atoms with van der Waals surface area (Å²) in [5.41, 5.74) is 0.502. The van der Waals surface area contributed by atoms with Crippen molar-refractivity contribution in [2.45, 2.75) is 12.5 Å². The Morgan fingerprint density at radius 1 is 1.69 bits per heavy atom. The van der Waals surface area contributed by atoms with Crippen LogP contribution in [0.2, 0.25) is 0 Å². The number of hydrogen-bond acceptors (Lipinski definition) is 5. The van der Waals surface area contributed by atoms with Gasteiger partial charge in [0.25, 0.3) is 0 Å². The van der Waals surface area contributed by atoms with Crippen molar-refractivity contribution in [2.24, 2.45) is 0 Å². The molecule has 86 valence electrons. The predicted molar refractivity (Wildman–Crippen MR) is 64.9 cm³/mol. The number of hydrogen-bond donors (Lipinski definition) is 1. The summed E-state index contributed by atoms with van der Waals surface area (Å²) in [6.07, 6.45) is 2.79. The minimum Gasteiger partial charge on any atom is -0.465 e. The van der Waals surface area contributed by atoms with Crippen LogP contribution in [-0.2, 0) is 4.74 Å². The maximum atomic E-state index is 11.5. The molecule has 1 N–H and O–H groups in total. The van der Waals surface area contributed by atoms with Crippen molar-refractivity contribution >= 4 is 23.5 Å². The molecule has 5 heteroatoms. The highest BCUT2D eigenvalue weighted by Gasteiger charge is 2.19. The summed E-state index contributed by atoms with van der Waals surface area (Å²) < 4.78 is 4.72. The highest BCUT2D eigenvalue weighted by Crippen LogP contribution is 2.22. The first-order valence-electron chi connectivity index (χ1n) is 5.19. The molecule has 0 amide bonds. The Bertz CT molecular complexity index is 378. The third kappa shape index (κ3) is 2.47. The molecule has 0 saturated carbocycles. The van der Waals surface area contributed by atoms with Gasteiger partial charge in [0.05, 0.1) is 7.11 Å². The number of ether oxygens (including phenoxy) is 1. The van der Waals surface area contributed by atoms with E-state index in [-0.39, 0.29) is 5.97 Å². The molecule has 0 aliphatic carbocycles. The van der Waals surface area contributed by atoms with Crippen LogP contribution in [-0.4, -0.2) is 35.6 Å². The normalized spacial score (nSPS) is 19.4. The van der Waals surface area contributed by atoms with Crippen LogP contribution in [0.5, 0.6) is 0 Å². The number of esters is 1. The van der Waals surface area contributed by atoms with Crippen molar-refractivity contribution < 1.29 is 9.53 Å². The summed E-state index contributed by atoms with van der Waals surface area (Å²) in [5.74, 6) is 2.51. The largest absolute Gasteiger partial charge is 0.465 e. The first-order chi connectivity index (χ1) is 7.81. The zero-order valence-electron chi connectivity index (χ0n) is 9.10. The second kappa shape index (κ2) is 5.21. The monoisotopic (exact) mass is 238 g/mol. The Kier molecular flexibility index (Phi) is 3.66. The van der Waals surface area contributed by atoms with Crippen LogP contribution < -0.4 is 5.32 Å². The van der Waals surface area contributed by atoms with E-state index in [9.17, 15) is 4.79 Å². The Hall–Kier alpha value is -1.23. The molecule has 1 aliphatic rings. The van der Waals surface area contributed by atoms with Crippen LogP contribution >= 0.6 is 11.8 Å². The van der Waals surface area contributed by atoms with Gasteiger partial charge in [-0.05, 0) is 24.3 Å². The van der Waals surface area contributed by atoms with Gasteiger partial charge in [-0.1, -0.05) is 0 Å². The molecule has 1 saturated heterocycles. The molecule has 1 aliphatic heterocycles. The highest BCUT2D eigenvalue weighted by molar-refractivity contribution is 7.99. The van der Waals surface area contributed by atoms with Crippen molar-refractivity contribution in [2.75, 3.05) is 23.9 Å². The fraction of sp³-hybridized carbons (Fsp3) is 0.455. The van der Waals surface area contributed by atoms with Gasteiger partial charge in [0.15, 0.2) is 0 Å². The standard InChI is InChI=1S/C11H14N2O2S/c1-15-11(14)9-3-2-5-12-10(9)13-8-4-6-16-7-8/h2-3,5,8H,4,6-7H2,1H3,(H,12,13). The lowest BCUT2D eigenvalue weighted by atomic mass is 10.2. The van der Waals surface area contributed by atoms with Crippen LogP contribution in [0.4, 0.5) is 5.82 Å². The molecule has 2 heterocycles. The predicted octanol–water partition coefficient (Wildman–Crippen LogP) is 1.79. The average Bonchev–Trinajstić information content (AvgIpc) is 2.82. The van der Waals surface area contributed by atoms with Gasteiger partial charge in [-0.15, -0.1) is 0 Å². The number of anilines is 1. The maximum Gasteiger partial charge on any atom is 0.341 e. The van der Waals surface area contributed by atoms with E-state index < -0.39 is 0 Å². The average molecular weight is 238 g/mol. The number of aromatic nitrogens is 1. The van der Waals surface area contributed by atoms with Crippen LogP contribution in [0, 0.1) is 0 Å². The molecule has 2 rings (SSSR count). The van der Waals surface area contributed by atoms with Crippen LogP contribution in [0.3, 0.4) is 0 Å². The number of nitrogens with one attached hydrogen (secondary N) is 1. The van der Waals surface area contributed by atoms with Gasteiger partial charge in [-0.25, -0.2) is 9.78 Å². The fourth-order valence-corrected chi connectivity index (χ4v) is 2.79. The summed E-state index contributed by atoms with van der Waals surface area (Å²) in [4.78, 5) is 15.7. The number of methoxy groups -OCH3 is 1. The van der Waals surface area contributed by atoms with E-state index in [4.69, 9.17) is 4.74 Å². The molecule has 0 spiro atoms. The molecule has 0 bridgehead atoms. The Morgan fingerprint density at radius 3 is 3.25 bits per heavy atom. The van der Waals surface area contributed by atoms with E-state index in [0.717, 1.165) is 17.9 Å². The van der Waals surface area contributed by atoms with Crippen molar-refractivity contribution in [3.63, 3.8) is 0 Å². The minimum absolute atomic E-state index is 0.346. The summed E-state index contributed by atoms with van der Waals surface area (Å²) in [7, 11) is 1.38. The molecule has 1 aromatic heterocycles. The fourth-order valence-electron chi connectivity index (χ4n) is 1.64. The Morgan fingerprint density at radius 2 is 2.56 bits per heavy atom. The lowest BCUT2D eigenvalue weighted by Crippen LogP contribution is -2.21. The molecular formula is C11H14N2O2S. The number of pyridine rings is 1. The van der Waals surface area contributed by atoms with Gasteiger partial charge in [0, 0.05) is 18.0 Å². The molecule has 1 fully saturated rings. The summed E-state index contributed by atoms with van der Waals surface area (Å²) in [5, 5.41) is 3.29. The smallest absolute Gasteiger partial charge is 0.341 e.